The number of aromatic nitrogens is 1. The van der Waals surface area contributed by atoms with Crippen molar-refractivity contribution in [3.05, 3.63) is 59.3 Å². The molecule has 9 heteroatoms. The second-order valence-corrected chi connectivity index (χ2v) is 7.57. The topological polar surface area (TPSA) is 125 Å². The molecular weight excluding hydrogens is 412 g/mol. The minimum absolute atomic E-state index is 0.218. The van der Waals surface area contributed by atoms with E-state index in [0.29, 0.717) is 16.9 Å². The van der Waals surface area contributed by atoms with Crippen LogP contribution in [0.1, 0.15) is 28.0 Å². The molecule has 1 aromatic heterocycles. The molecule has 166 valence electrons. The zero-order valence-electron chi connectivity index (χ0n) is 18.2. The molecular formula is C23H24N4O5. The van der Waals surface area contributed by atoms with Crippen LogP contribution in [0.3, 0.4) is 0 Å². The third-order valence-electron chi connectivity index (χ3n) is 4.75. The lowest BCUT2D eigenvalue weighted by Gasteiger charge is -2.20. The number of carboxylic acid groups (broad SMARTS) is 1. The second kappa shape index (κ2) is 9.34. The average Bonchev–Trinajstić information content (AvgIpc) is 3.15. The second-order valence-electron chi connectivity index (χ2n) is 7.57. The molecule has 9 nitrogen and oxygen atoms in total. The zero-order chi connectivity index (χ0) is 23.4. The number of carbonyl (C=O) groups is 3. The average molecular weight is 436 g/mol. The number of ketones is 1. The Morgan fingerprint density at radius 2 is 1.75 bits per heavy atom. The predicted molar refractivity (Wildman–Crippen MR) is 121 cm³/mol. The van der Waals surface area contributed by atoms with Crippen molar-refractivity contribution in [3.63, 3.8) is 0 Å². The number of nitrogens with zero attached hydrogens (tertiary/aromatic N) is 2. The van der Waals surface area contributed by atoms with Gasteiger partial charge in [-0.1, -0.05) is 23.4 Å². The van der Waals surface area contributed by atoms with E-state index in [-0.39, 0.29) is 17.2 Å². The van der Waals surface area contributed by atoms with Crippen LogP contribution in [0, 0.1) is 13.8 Å². The Morgan fingerprint density at radius 3 is 2.38 bits per heavy atom. The van der Waals surface area contributed by atoms with Crippen molar-refractivity contribution in [3.8, 4) is 11.3 Å². The van der Waals surface area contributed by atoms with Gasteiger partial charge in [0.1, 0.15) is 0 Å². The van der Waals surface area contributed by atoms with Crippen LogP contribution in [0.5, 0.6) is 0 Å². The van der Waals surface area contributed by atoms with Gasteiger partial charge in [0.15, 0.2) is 11.5 Å². The molecule has 0 saturated heterocycles. The lowest BCUT2D eigenvalue weighted by molar-refractivity contribution is -0.115. The number of nitrogens with one attached hydrogen (secondary N) is 2. The summed E-state index contributed by atoms with van der Waals surface area (Å²) in [5.74, 6) is -0.404. The van der Waals surface area contributed by atoms with Gasteiger partial charge in [-0.05, 0) is 37.6 Å². The summed E-state index contributed by atoms with van der Waals surface area (Å²) in [5, 5.41) is 17.9. The van der Waals surface area contributed by atoms with Gasteiger partial charge in [0.2, 0.25) is 5.91 Å². The minimum atomic E-state index is -1.26. The van der Waals surface area contributed by atoms with Crippen molar-refractivity contribution in [1.29, 1.82) is 0 Å². The van der Waals surface area contributed by atoms with E-state index in [9.17, 15) is 14.4 Å². The van der Waals surface area contributed by atoms with Crippen LogP contribution in [-0.2, 0) is 4.79 Å². The molecule has 2 amide bonds. The summed E-state index contributed by atoms with van der Waals surface area (Å²) in [7, 11) is 3.66. The number of anilines is 3. The molecule has 32 heavy (non-hydrogen) atoms. The summed E-state index contributed by atoms with van der Waals surface area (Å²) in [4.78, 5) is 38.3. The molecule has 0 bridgehead atoms. The van der Waals surface area contributed by atoms with Crippen molar-refractivity contribution in [2.75, 3.05) is 29.6 Å². The van der Waals surface area contributed by atoms with E-state index in [1.807, 2.05) is 25.9 Å². The number of Topliss-reactive ketones (excluding diaryl/α,β-unsaturated/α-hetero) is 1. The van der Waals surface area contributed by atoms with Gasteiger partial charge in [-0.2, -0.15) is 0 Å². The van der Waals surface area contributed by atoms with Crippen molar-refractivity contribution in [2.24, 2.45) is 0 Å². The van der Waals surface area contributed by atoms with Gasteiger partial charge in [0.25, 0.3) is 0 Å². The highest BCUT2D eigenvalue weighted by Crippen LogP contribution is 2.31. The number of aryl methyl sites for hydroxylation is 2. The Bertz CT molecular complexity index is 1180. The first kappa shape index (κ1) is 22.5. The zero-order valence-corrected chi connectivity index (χ0v) is 18.2. The van der Waals surface area contributed by atoms with E-state index < -0.39 is 18.4 Å². The maximum atomic E-state index is 12.7. The fourth-order valence-corrected chi connectivity index (χ4v) is 3.29. The standard InChI is InChI=1S/C23H24N4O5/c1-13-8-17(18(25-23(30)31)11-19(13)27(3)4)24-22(29)12-20(28)15-6-5-7-16(10-15)21-9-14(2)26-32-21/h5-11,25H,12H2,1-4H3,(H,24,29)(H,30,31). The Labute approximate surface area is 185 Å². The molecule has 3 rings (SSSR count). The van der Waals surface area contributed by atoms with Crippen LogP contribution < -0.4 is 15.5 Å². The normalized spacial score (nSPS) is 10.5. The van der Waals surface area contributed by atoms with Gasteiger partial charge in [-0.3, -0.25) is 14.9 Å². The lowest BCUT2D eigenvalue weighted by Crippen LogP contribution is -2.19. The van der Waals surface area contributed by atoms with Crippen molar-refractivity contribution in [1.82, 2.24) is 5.16 Å². The number of amides is 2. The highest BCUT2D eigenvalue weighted by molar-refractivity contribution is 6.12. The molecule has 3 N–H and O–H groups in total. The summed E-state index contributed by atoms with van der Waals surface area (Å²) < 4.78 is 5.23. The van der Waals surface area contributed by atoms with Gasteiger partial charge >= 0.3 is 6.09 Å². The maximum Gasteiger partial charge on any atom is 0.409 e. The number of carbonyl (C=O) groups excluding carboxylic acids is 2. The van der Waals surface area contributed by atoms with Crippen molar-refractivity contribution >= 4 is 34.8 Å². The first-order valence-corrected chi connectivity index (χ1v) is 9.82. The third-order valence-corrected chi connectivity index (χ3v) is 4.75. The molecule has 0 fully saturated rings. The van der Waals surface area contributed by atoms with Crippen LogP contribution in [0.4, 0.5) is 21.9 Å². The van der Waals surface area contributed by atoms with Gasteiger partial charge in [-0.25, -0.2) is 4.79 Å². The SMILES string of the molecule is Cc1cc(-c2cccc(C(=O)CC(=O)Nc3cc(C)c(N(C)C)cc3NC(=O)O)c2)on1. The van der Waals surface area contributed by atoms with Crippen molar-refractivity contribution < 1.29 is 24.0 Å². The molecule has 0 aliphatic carbocycles. The fraction of sp³-hybridized carbons (Fsp3) is 0.217. The van der Waals surface area contributed by atoms with Gasteiger partial charge in [0, 0.05) is 37.0 Å². The van der Waals surface area contributed by atoms with E-state index >= 15 is 0 Å². The van der Waals surface area contributed by atoms with Crippen molar-refractivity contribution in [2.45, 2.75) is 20.3 Å². The molecule has 0 radical (unpaired) electrons. The van der Waals surface area contributed by atoms with Crippen LogP contribution in [0.15, 0.2) is 47.0 Å². The predicted octanol–water partition coefficient (Wildman–Crippen LogP) is 4.33. The molecule has 2 aromatic carbocycles. The van der Waals surface area contributed by atoms with Gasteiger partial charge in [0.05, 0.1) is 23.5 Å². The highest BCUT2D eigenvalue weighted by Gasteiger charge is 2.17. The molecule has 1 heterocycles. The molecule has 0 aliphatic heterocycles. The van der Waals surface area contributed by atoms with E-state index in [1.165, 1.54) is 0 Å². The maximum absolute atomic E-state index is 12.7. The van der Waals surface area contributed by atoms with E-state index in [4.69, 9.17) is 9.63 Å². The monoisotopic (exact) mass is 436 g/mol. The lowest BCUT2D eigenvalue weighted by atomic mass is 10.0. The molecule has 0 unspecified atom stereocenters. The number of benzene rings is 2. The van der Waals surface area contributed by atoms with Gasteiger partial charge in [-0.15, -0.1) is 0 Å². The Balaban J connectivity index is 1.77. The summed E-state index contributed by atoms with van der Waals surface area (Å²) in [6.45, 7) is 3.64. The Morgan fingerprint density at radius 1 is 1.03 bits per heavy atom. The quantitative estimate of drug-likeness (QED) is 0.372. The molecule has 0 spiro atoms. The minimum Gasteiger partial charge on any atom is -0.465 e. The summed E-state index contributed by atoms with van der Waals surface area (Å²) in [5.41, 5.74) is 3.88. The largest absolute Gasteiger partial charge is 0.465 e. The van der Waals surface area contributed by atoms with Crippen LogP contribution in [-0.4, -0.2) is 42.1 Å². The smallest absolute Gasteiger partial charge is 0.409 e. The summed E-state index contributed by atoms with van der Waals surface area (Å²) >= 11 is 0. The summed E-state index contributed by atoms with van der Waals surface area (Å²) in [6.07, 6.45) is -1.66. The van der Waals surface area contributed by atoms with Gasteiger partial charge < -0.3 is 19.8 Å². The molecule has 3 aromatic rings. The first-order chi connectivity index (χ1) is 15.1. The van der Waals surface area contributed by atoms with E-state index in [0.717, 1.165) is 16.9 Å². The summed E-state index contributed by atoms with van der Waals surface area (Å²) in [6, 6.07) is 11.8. The number of hydrogen-bond donors (Lipinski definition) is 3. The first-order valence-electron chi connectivity index (χ1n) is 9.82. The number of rotatable bonds is 7. The van der Waals surface area contributed by atoms with Crippen LogP contribution in [0.2, 0.25) is 0 Å². The molecule has 0 atom stereocenters. The van der Waals surface area contributed by atoms with Crippen LogP contribution in [0.25, 0.3) is 11.3 Å². The van der Waals surface area contributed by atoms with E-state index in [1.54, 1.807) is 49.4 Å². The Hall–Kier alpha value is -4.14. The molecule has 0 saturated carbocycles. The third kappa shape index (κ3) is 5.31. The Kier molecular flexibility index (Phi) is 6.58. The fourth-order valence-electron chi connectivity index (χ4n) is 3.29. The number of hydrogen-bond acceptors (Lipinski definition) is 6. The van der Waals surface area contributed by atoms with Crippen LogP contribution >= 0.6 is 0 Å². The highest BCUT2D eigenvalue weighted by atomic mass is 16.5. The van der Waals surface area contributed by atoms with E-state index in [2.05, 4.69) is 15.8 Å². The molecule has 0 aliphatic rings.